The molecule has 0 aliphatic heterocycles. The van der Waals surface area contributed by atoms with E-state index in [1.807, 2.05) is 12.1 Å². The highest BCUT2D eigenvalue weighted by molar-refractivity contribution is 5.38. The van der Waals surface area contributed by atoms with Crippen LogP contribution in [0.15, 0.2) is 24.3 Å². The van der Waals surface area contributed by atoms with Crippen LogP contribution in [-0.4, -0.2) is 19.7 Å². The number of benzene rings is 1. The zero-order valence-corrected chi connectivity index (χ0v) is 10.8. The highest BCUT2D eigenvalue weighted by Gasteiger charge is 2.17. The van der Waals surface area contributed by atoms with Crippen LogP contribution in [0.1, 0.15) is 33.3 Å². The monoisotopic (exact) mass is 221 g/mol. The van der Waals surface area contributed by atoms with Crippen molar-refractivity contribution in [3.63, 3.8) is 0 Å². The van der Waals surface area contributed by atoms with E-state index in [2.05, 4.69) is 45.1 Å². The molecule has 1 N–H and O–H groups in total. The van der Waals surface area contributed by atoms with Crippen molar-refractivity contribution < 1.29 is 4.74 Å². The second-order valence-corrected chi connectivity index (χ2v) is 4.95. The largest absolute Gasteiger partial charge is 0.492 e. The lowest BCUT2D eigenvalue weighted by Gasteiger charge is -2.22. The van der Waals surface area contributed by atoms with Crippen molar-refractivity contribution in [3.8, 4) is 5.75 Å². The maximum absolute atomic E-state index is 5.80. The molecule has 16 heavy (non-hydrogen) atoms. The van der Waals surface area contributed by atoms with Crippen LogP contribution in [0, 0.1) is 0 Å². The van der Waals surface area contributed by atoms with E-state index in [1.54, 1.807) is 0 Å². The van der Waals surface area contributed by atoms with Gasteiger partial charge in [-0.1, -0.05) is 45.9 Å². The van der Waals surface area contributed by atoms with Crippen LogP contribution < -0.4 is 10.1 Å². The second-order valence-electron chi connectivity index (χ2n) is 4.95. The van der Waals surface area contributed by atoms with Gasteiger partial charge in [-0.05, 0) is 23.6 Å². The molecule has 2 heteroatoms. The van der Waals surface area contributed by atoms with Crippen molar-refractivity contribution in [2.45, 2.75) is 33.1 Å². The Morgan fingerprint density at radius 2 is 1.88 bits per heavy atom. The molecule has 0 bridgehead atoms. The Morgan fingerprint density at radius 3 is 2.50 bits per heavy atom. The van der Waals surface area contributed by atoms with Gasteiger partial charge < -0.3 is 10.1 Å². The minimum Gasteiger partial charge on any atom is -0.492 e. The van der Waals surface area contributed by atoms with Gasteiger partial charge in [0.25, 0.3) is 0 Å². The second kappa shape index (κ2) is 5.90. The number of nitrogens with one attached hydrogen (secondary N) is 1. The van der Waals surface area contributed by atoms with Crippen LogP contribution in [-0.2, 0) is 5.41 Å². The minimum atomic E-state index is 0.134. The lowest BCUT2D eigenvalue weighted by molar-refractivity contribution is 0.307. The van der Waals surface area contributed by atoms with E-state index in [4.69, 9.17) is 4.74 Å². The molecule has 0 radical (unpaired) electrons. The first-order chi connectivity index (χ1) is 7.55. The van der Waals surface area contributed by atoms with E-state index >= 15 is 0 Å². The summed E-state index contributed by atoms with van der Waals surface area (Å²) in [5.41, 5.74) is 1.40. The van der Waals surface area contributed by atoms with Crippen LogP contribution in [0.2, 0.25) is 0 Å². The zero-order chi connectivity index (χ0) is 12.0. The van der Waals surface area contributed by atoms with Gasteiger partial charge in [0.2, 0.25) is 0 Å². The molecule has 0 saturated carbocycles. The summed E-state index contributed by atoms with van der Waals surface area (Å²) in [5.74, 6) is 1.01. The van der Waals surface area contributed by atoms with Crippen LogP contribution in [0.5, 0.6) is 5.75 Å². The standard InChI is InChI=1S/C14H23NO/c1-5-15-10-11-16-13-9-7-6-8-12(13)14(2,3)4/h6-9,15H,5,10-11H2,1-4H3. The van der Waals surface area contributed by atoms with Crippen LogP contribution >= 0.6 is 0 Å². The molecule has 0 fully saturated rings. The Kier molecular flexibility index (Phi) is 4.81. The number of ether oxygens (including phenoxy) is 1. The van der Waals surface area contributed by atoms with E-state index in [1.165, 1.54) is 5.56 Å². The first kappa shape index (κ1) is 13.0. The molecular formula is C14H23NO. The van der Waals surface area contributed by atoms with Crippen LogP contribution in [0.4, 0.5) is 0 Å². The predicted octanol–water partition coefficient (Wildman–Crippen LogP) is 2.97. The Labute approximate surface area is 99.0 Å². The molecule has 0 spiro atoms. The molecule has 0 aliphatic rings. The van der Waals surface area contributed by atoms with Gasteiger partial charge in [0, 0.05) is 6.54 Å². The SMILES string of the molecule is CCNCCOc1ccccc1C(C)(C)C. The molecule has 90 valence electrons. The quantitative estimate of drug-likeness (QED) is 0.772. The van der Waals surface area contributed by atoms with Gasteiger partial charge in [-0.25, -0.2) is 0 Å². The highest BCUT2D eigenvalue weighted by Crippen LogP contribution is 2.30. The molecule has 0 amide bonds. The lowest BCUT2D eigenvalue weighted by atomic mass is 9.86. The Hall–Kier alpha value is -1.02. The average Bonchev–Trinajstić information content (AvgIpc) is 2.24. The van der Waals surface area contributed by atoms with Crippen molar-refractivity contribution >= 4 is 0 Å². The molecular weight excluding hydrogens is 198 g/mol. The van der Waals surface area contributed by atoms with Gasteiger partial charge in [0.15, 0.2) is 0 Å². The van der Waals surface area contributed by atoms with Crippen molar-refractivity contribution in [3.05, 3.63) is 29.8 Å². The fraction of sp³-hybridized carbons (Fsp3) is 0.571. The van der Waals surface area contributed by atoms with Crippen molar-refractivity contribution in [2.24, 2.45) is 0 Å². The molecule has 2 nitrogen and oxygen atoms in total. The van der Waals surface area contributed by atoms with E-state index in [0.29, 0.717) is 0 Å². The Bertz CT molecular complexity index is 315. The summed E-state index contributed by atoms with van der Waals surface area (Å²) in [7, 11) is 0. The third-order valence-electron chi connectivity index (χ3n) is 2.48. The Morgan fingerprint density at radius 1 is 1.19 bits per heavy atom. The maximum Gasteiger partial charge on any atom is 0.123 e. The summed E-state index contributed by atoms with van der Waals surface area (Å²) in [6, 6.07) is 8.28. The van der Waals surface area contributed by atoms with Gasteiger partial charge in [-0.15, -0.1) is 0 Å². The maximum atomic E-state index is 5.80. The van der Waals surface area contributed by atoms with Gasteiger partial charge in [0.05, 0.1) is 0 Å². The number of likely N-dealkylation sites (N-methyl/N-ethyl adjacent to an activating group) is 1. The highest BCUT2D eigenvalue weighted by atomic mass is 16.5. The molecule has 1 rings (SSSR count). The van der Waals surface area contributed by atoms with Crippen molar-refractivity contribution in [2.75, 3.05) is 19.7 Å². The minimum absolute atomic E-state index is 0.134. The van der Waals surface area contributed by atoms with Gasteiger partial charge in [-0.3, -0.25) is 0 Å². The normalized spacial score (nSPS) is 11.5. The van der Waals surface area contributed by atoms with Gasteiger partial charge >= 0.3 is 0 Å². The van der Waals surface area contributed by atoms with E-state index in [0.717, 1.165) is 25.4 Å². The number of rotatable bonds is 5. The van der Waals surface area contributed by atoms with Crippen LogP contribution in [0.3, 0.4) is 0 Å². The first-order valence-electron chi connectivity index (χ1n) is 5.98. The first-order valence-corrected chi connectivity index (χ1v) is 5.98. The third kappa shape index (κ3) is 3.86. The summed E-state index contributed by atoms with van der Waals surface area (Å²) in [5, 5.41) is 3.25. The summed E-state index contributed by atoms with van der Waals surface area (Å²) >= 11 is 0. The topological polar surface area (TPSA) is 21.3 Å². The molecule has 1 aromatic rings. The number of hydrogen-bond acceptors (Lipinski definition) is 2. The molecule has 0 saturated heterocycles. The molecule has 1 aromatic carbocycles. The third-order valence-corrected chi connectivity index (χ3v) is 2.48. The summed E-state index contributed by atoms with van der Waals surface area (Å²) in [4.78, 5) is 0. The number of para-hydroxylation sites is 1. The van der Waals surface area contributed by atoms with Crippen molar-refractivity contribution in [1.82, 2.24) is 5.32 Å². The predicted molar refractivity (Wildman–Crippen MR) is 69.2 cm³/mol. The molecule has 0 aromatic heterocycles. The van der Waals surface area contributed by atoms with Crippen LogP contribution in [0.25, 0.3) is 0 Å². The van der Waals surface area contributed by atoms with E-state index in [-0.39, 0.29) is 5.41 Å². The van der Waals surface area contributed by atoms with Gasteiger partial charge in [0.1, 0.15) is 12.4 Å². The smallest absolute Gasteiger partial charge is 0.123 e. The Balaban J connectivity index is 2.65. The molecule has 0 heterocycles. The lowest BCUT2D eigenvalue weighted by Crippen LogP contribution is -2.21. The summed E-state index contributed by atoms with van der Waals surface area (Å²) in [6.45, 7) is 11.3. The molecule has 0 atom stereocenters. The average molecular weight is 221 g/mol. The fourth-order valence-electron chi connectivity index (χ4n) is 1.62. The summed E-state index contributed by atoms with van der Waals surface area (Å²) < 4.78 is 5.80. The number of hydrogen-bond donors (Lipinski definition) is 1. The molecule has 0 aliphatic carbocycles. The van der Waals surface area contributed by atoms with E-state index < -0.39 is 0 Å². The fourth-order valence-corrected chi connectivity index (χ4v) is 1.62. The summed E-state index contributed by atoms with van der Waals surface area (Å²) in [6.07, 6.45) is 0. The zero-order valence-electron chi connectivity index (χ0n) is 10.8. The molecule has 0 unspecified atom stereocenters. The van der Waals surface area contributed by atoms with Crippen molar-refractivity contribution in [1.29, 1.82) is 0 Å². The van der Waals surface area contributed by atoms with E-state index in [9.17, 15) is 0 Å². The van der Waals surface area contributed by atoms with Gasteiger partial charge in [-0.2, -0.15) is 0 Å².